The SMILES string of the molecule is O=S(=O)(NCc1cccc(-c2n[nH]cc2-c2ccncc2)c1)c1cc(F)ccc1F. The molecule has 2 heterocycles. The van der Waals surface area contributed by atoms with E-state index in [-0.39, 0.29) is 6.54 Å². The molecule has 0 spiro atoms. The van der Waals surface area contributed by atoms with Gasteiger partial charge in [0.25, 0.3) is 0 Å². The lowest BCUT2D eigenvalue weighted by molar-refractivity contribution is 0.545. The van der Waals surface area contributed by atoms with Crippen LogP contribution >= 0.6 is 0 Å². The Morgan fingerprint density at radius 2 is 1.77 bits per heavy atom. The van der Waals surface area contributed by atoms with Gasteiger partial charge in [-0.1, -0.05) is 18.2 Å². The van der Waals surface area contributed by atoms with Crippen LogP contribution in [-0.2, 0) is 16.6 Å². The standard InChI is InChI=1S/C21H16F2N4O2S/c22-17-4-5-19(23)20(11-17)30(28,29)26-12-14-2-1-3-16(10-14)21-18(13-25-27-21)15-6-8-24-9-7-15/h1-11,13,26H,12H2,(H,25,27). The highest BCUT2D eigenvalue weighted by Gasteiger charge is 2.20. The number of aromatic nitrogens is 3. The largest absolute Gasteiger partial charge is 0.284 e. The van der Waals surface area contributed by atoms with Crippen molar-refractivity contribution in [2.24, 2.45) is 0 Å². The van der Waals surface area contributed by atoms with Gasteiger partial charge in [-0.25, -0.2) is 21.9 Å². The minimum atomic E-state index is -4.22. The Hall–Kier alpha value is -3.43. The summed E-state index contributed by atoms with van der Waals surface area (Å²) in [5, 5.41) is 7.15. The molecule has 0 radical (unpaired) electrons. The van der Waals surface area contributed by atoms with E-state index in [1.165, 1.54) is 0 Å². The molecule has 2 aromatic heterocycles. The van der Waals surface area contributed by atoms with E-state index in [0.29, 0.717) is 17.3 Å². The Kier molecular flexibility index (Phi) is 5.39. The van der Waals surface area contributed by atoms with Gasteiger partial charge >= 0.3 is 0 Å². The molecule has 6 nitrogen and oxygen atoms in total. The number of aromatic amines is 1. The summed E-state index contributed by atoms with van der Waals surface area (Å²) >= 11 is 0. The summed E-state index contributed by atoms with van der Waals surface area (Å²) in [6, 6.07) is 13.2. The number of nitrogens with one attached hydrogen (secondary N) is 2. The van der Waals surface area contributed by atoms with Gasteiger partial charge in [-0.05, 0) is 47.5 Å². The third kappa shape index (κ3) is 4.12. The fourth-order valence-corrected chi connectivity index (χ4v) is 4.13. The van der Waals surface area contributed by atoms with E-state index >= 15 is 0 Å². The maximum atomic E-state index is 13.8. The van der Waals surface area contributed by atoms with Crippen molar-refractivity contribution in [2.75, 3.05) is 0 Å². The first-order chi connectivity index (χ1) is 14.4. The molecule has 0 aliphatic rings. The fraction of sp³-hybridized carbons (Fsp3) is 0.0476. The Morgan fingerprint density at radius 3 is 2.57 bits per heavy atom. The zero-order chi connectivity index (χ0) is 21.1. The van der Waals surface area contributed by atoms with E-state index < -0.39 is 26.6 Å². The van der Waals surface area contributed by atoms with Crippen LogP contribution < -0.4 is 4.72 Å². The number of benzene rings is 2. The monoisotopic (exact) mass is 426 g/mol. The first kappa shape index (κ1) is 19.9. The summed E-state index contributed by atoms with van der Waals surface area (Å²) < 4.78 is 54.3. The Labute approximate surface area is 171 Å². The minimum Gasteiger partial charge on any atom is -0.284 e. The molecule has 0 saturated carbocycles. The molecular weight excluding hydrogens is 410 g/mol. The average Bonchev–Trinajstić information content (AvgIpc) is 3.25. The number of pyridine rings is 1. The maximum absolute atomic E-state index is 13.8. The first-order valence-electron chi connectivity index (χ1n) is 8.92. The second-order valence-corrected chi connectivity index (χ2v) is 8.22. The predicted molar refractivity (Wildman–Crippen MR) is 108 cm³/mol. The molecule has 2 aromatic carbocycles. The van der Waals surface area contributed by atoms with Crippen LogP contribution in [0.25, 0.3) is 22.4 Å². The number of rotatable bonds is 6. The Balaban J connectivity index is 1.58. The van der Waals surface area contributed by atoms with Gasteiger partial charge in [-0.15, -0.1) is 0 Å². The molecule has 0 aliphatic carbocycles. The number of H-pyrrole nitrogens is 1. The maximum Gasteiger partial charge on any atom is 0.243 e. The average molecular weight is 426 g/mol. The van der Waals surface area contributed by atoms with Crippen LogP contribution in [0, 0.1) is 11.6 Å². The number of nitrogens with zero attached hydrogens (tertiary/aromatic N) is 2. The molecule has 0 aliphatic heterocycles. The lowest BCUT2D eigenvalue weighted by Crippen LogP contribution is -2.24. The first-order valence-corrected chi connectivity index (χ1v) is 10.4. The highest BCUT2D eigenvalue weighted by atomic mass is 32.2. The summed E-state index contributed by atoms with van der Waals surface area (Å²) in [4.78, 5) is 3.28. The Bertz CT molecular complexity index is 1290. The van der Waals surface area contributed by atoms with Gasteiger partial charge in [0, 0.05) is 36.3 Å². The van der Waals surface area contributed by atoms with Crippen LogP contribution in [0.1, 0.15) is 5.56 Å². The van der Waals surface area contributed by atoms with E-state index in [4.69, 9.17) is 0 Å². The summed E-state index contributed by atoms with van der Waals surface area (Å²) in [6.45, 7) is -0.0961. The van der Waals surface area contributed by atoms with E-state index in [1.807, 2.05) is 18.2 Å². The molecule has 0 saturated heterocycles. The quantitative estimate of drug-likeness (QED) is 0.490. The van der Waals surface area contributed by atoms with Crippen LogP contribution in [0.2, 0.25) is 0 Å². The fourth-order valence-electron chi connectivity index (χ4n) is 3.03. The van der Waals surface area contributed by atoms with Crippen molar-refractivity contribution in [2.45, 2.75) is 11.4 Å². The van der Waals surface area contributed by atoms with Gasteiger partial charge in [-0.2, -0.15) is 5.10 Å². The van der Waals surface area contributed by atoms with Gasteiger partial charge in [0.05, 0.1) is 5.69 Å². The van der Waals surface area contributed by atoms with Crippen molar-refractivity contribution in [3.8, 4) is 22.4 Å². The number of sulfonamides is 1. The predicted octanol–water partition coefficient (Wildman–Crippen LogP) is 3.90. The molecule has 0 amide bonds. The highest BCUT2D eigenvalue weighted by Crippen LogP contribution is 2.30. The minimum absolute atomic E-state index is 0.0961. The number of hydrogen-bond acceptors (Lipinski definition) is 4. The van der Waals surface area contributed by atoms with Crippen molar-refractivity contribution >= 4 is 10.0 Å². The summed E-state index contributed by atoms with van der Waals surface area (Å²) in [5.41, 5.74) is 3.91. The van der Waals surface area contributed by atoms with Gasteiger partial charge in [0.2, 0.25) is 10.0 Å². The molecule has 152 valence electrons. The molecular formula is C21H16F2N4O2S. The Morgan fingerprint density at radius 1 is 0.967 bits per heavy atom. The second-order valence-electron chi connectivity index (χ2n) is 6.48. The van der Waals surface area contributed by atoms with Crippen LogP contribution in [0.15, 0.2) is 78.1 Å². The van der Waals surface area contributed by atoms with Crippen molar-refractivity contribution in [3.63, 3.8) is 0 Å². The van der Waals surface area contributed by atoms with E-state index in [2.05, 4.69) is 19.9 Å². The van der Waals surface area contributed by atoms with Gasteiger partial charge in [-0.3, -0.25) is 10.1 Å². The van der Waals surface area contributed by atoms with E-state index in [1.54, 1.807) is 36.8 Å². The van der Waals surface area contributed by atoms with Crippen LogP contribution in [0.3, 0.4) is 0 Å². The molecule has 4 aromatic rings. The second kappa shape index (κ2) is 8.13. The lowest BCUT2D eigenvalue weighted by Gasteiger charge is -2.09. The van der Waals surface area contributed by atoms with E-state index in [0.717, 1.165) is 28.8 Å². The summed E-state index contributed by atoms with van der Waals surface area (Å²) in [7, 11) is -4.22. The van der Waals surface area contributed by atoms with Crippen LogP contribution in [0.5, 0.6) is 0 Å². The number of halogens is 2. The van der Waals surface area contributed by atoms with Crippen molar-refractivity contribution in [1.82, 2.24) is 19.9 Å². The third-order valence-corrected chi connectivity index (χ3v) is 5.90. The molecule has 2 N–H and O–H groups in total. The normalized spacial score (nSPS) is 11.5. The third-order valence-electron chi connectivity index (χ3n) is 4.48. The molecule has 0 bridgehead atoms. The van der Waals surface area contributed by atoms with Crippen LogP contribution in [0.4, 0.5) is 8.78 Å². The lowest BCUT2D eigenvalue weighted by atomic mass is 10.0. The molecule has 0 fully saturated rings. The van der Waals surface area contributed by atoms with Crippen molar-refractivity contribution in [3.05, 3.63) is 90.4 Å². The summed E-state index contributed by atoms with van der Waals surface area (Å²) in [6.07, 6.45) is 5.14. The molecule has 0 unspecified atom stereocenters. The smallest absolute Gasteiger partial charge is 0.243 e. The molecule has 0 atom stereocenters. The topological polar surface area (TPSA) is 87.7 Å². The van der Waals surface area contributed by atoms with Crippen molar-refractivity contribution < 1.29 is 17.2 Å². The molecule has 9 heteroatoms. The van der Waals surface area contributed by atoms with Gasteiger partial charge < -0.3 is 0 Å². The van der Waals surface area contributed by atoms with Crippen molar-refractivity contribution in [1.29, 1.82) is 0 Å². The van der Waals surface area contributed by atoms with Crippen LogP contribution in [-0.4, -0.2) is 23.6 Å². The summed E-state index contributed by atoms with van der Waals surface area (Å²) in [5.74, 6) is -1.85. The van der Waals surface area contributed by atoms with Gasteiger partial charge in [0.1, 0.15) is 16.5 Å². The molecule has 4 rings (SSSR count). The molecule has 30 heavy (non-hydrogen) atoms. The van der Waals surface area contributed by atoms with E-state index in [9.17, 15) is 17.2 Å². The number of hydrogen-bond donors (Lipinski definition) is 2. The zero-order valence-electron chi connectivity index (χ0n) is 15.5. The zero-order valence-corrected chi connectivity index (χ0v) is 16.3. The highest BCUT2D eigenvalue weighted by molar-refractivity contribution is 7.89. The van der Waals surface area contributed by atoms with Gasteiger partial charge in [0.15, 0.2) is 0 Å².